The highest BCUT2D eigenvalue weighted by Gasteiger charge is 2.22. The molecule has 4 nitrogen and oxygen atoms in total. The number of carbonyl (C=O) groups excluding carboxylic acids is 1. The maximum Gasteiger partial charge on any atom is 0.332 e. The zero-order chi connectivity index (χ0) is 12.6. The normalized spacial score (nSPS) is 13.2. The smallest absolute Gasteiger partial charge is 0.332 e. The first-order valence-corrected chi connectivity index (χ1v) is 5.89. The van der Waals surface area contributed by atoms with Crippen molar-refractivity contribution in [3.05, 3.63) is 12.7 Å². The van der Waals surface area contributed by atoms with Crippen LogP contribution in [0.1, 0.15) is 27.2 Å². The van der Waals surface area contributed by atoms with Crippen molar-refractivity contribution in [2.45, 2.75) is 33.5 Å². The first-order chi connectivity index (χ1) is 7.53. The Labute approximate surface area is 98.1 Å². The summed E-state index contributed by atoms with van der Waals surface area (Å²) in [7, 11) is 0. The summed E-state index contributed by atoms with van der Waals surface area (Å²) in [5.74, 6) is -0.574. The summed E-state index contributed by atoms with van der Waals surface area (Å²) in [4.78, 5) is 10.8. The third kappa shape index (κ3) is 4.77. The van der Waals surface area contributed by atoms with Crippen molar-refractivity contribution < 1.29 is 19.1 Å². The zero-order valence-corrected chi connectivity index (χ0v) is 10.6. The van der Waals surface area contributed by atoms with E-state index in [1.165, 1.54) is 0 Å². The minimum atomic E-state index is -1.02. The number of nitrogens with zero attached hydrogens (tertiary/aromatic N) is 1. The second-order valence-corrected chi connectivity index (χ2v) is 3.90. The van der Waals surface area contributed by atoms with Gasteiger partial charge < -0.3 is 14.3 Å². The Balaban J connectivity index is 4.10. The lowest BCUT2D eigenvalue weighted by atomic mass is 10.2. The molecule has 0 saturated carbocycles. The van der Waals surface area contributed by atoms with Crippen LogP contribution in [0.4, 0.5) is 0 Å². The molecule has 1 atom stereocenters. The van der Waals surface area contributed by atoms with E-state index < -0.39 is 12.3 Å². The van der Waals surface area contributed by atoms with Gasteiger partial charge in [-0.15, -0.1) is 0 Å². The van der Waals surface area contributed by atoms with Gasteiger partial charge in [0.1, 0.15) is 0 Å². The largest absolute Gasteiger partial charge is 0.433 e. The molecule has 94 valence electrons. The van der Waals surface area contributed by atoms with Crippen LogP contribution in [-0.4, -0.2) is 48.0 Å². The Morgan fingerprint density at radius 1 is 1.38 bits per heavy atom. The van der Waals surface area contributed by atoms with Gasteiger partial charge in [-0.1, -0.05) is 6.58 Å². The van der Waals surface area contributed by atoms with Crippen LogP contribution in [0.25, 0.3) is 0 Å². The molecule has 1 unspecified atom stereocenters. The van der Waals surface area contributed by atoms with Crippen molar-refractivity contribution in [2.24, 2.45) is 0 Å². The predicted molar refractivity (Wildman–Crippen MR) is 63.7 cm³/mol. The van der Waals surface area contributed by atoms with Crippen LogP contribution < -0.4 is 0 Å². The van der Waals surface area contributed by atoms with Gasteiger partial charge in [0.05, 0.1) is 32.6 Å². The first kappa shape index (κ1) is 15.1. The molecule has 1 N–H and O–H groups in total. The predicted octanol–water partition coefficient (Wildman–Crippen LogP) is 1.30. The zero-order valence-electron chi connectivity index (χ0n) is 10.6. The molecule has 0 amide bonds. The second kappa shape index (κ2) is 7.41. The van der Waals surface area contributed by atoms with E-state index in [0.717, 1.165) is 36.7 Å². The molecule has 0 bridgehead atoms. The maximum atomic E-state index is 10.8. The van der Waals surface area contributed by atoms with Gasteiger partial charge in [-0.05, 0) is 20.8 Å². The number of aliphatic hydroxyl groups excluding tert-OH is 1. The molecule has 0 aromatic carbocycles. The fourth-order valence-electron chi connectivity index (χ4n) is 1.77. The molecule has 4 heteroatoms. The van der Waals surface area contributed by atoms with Crippen LogP contribution in [0, 0.1) is 0 Å². The van der Waals surface area contributed by atoms with Crippen LogP contribution in [0.3, 0.4) is 0 Å². The second-order valence-electron chi connectivity index (χ2n) is 3.90. The van der Waals surface area contributed by atoms with Crippen molar-refractivity contribution in [3.63, 3.8) is 0 Å². The minimum Gasteiger partial charge on any atom is -0.433 e. The van der Waals surface area contributed by atoms with E-state index in [-0.39, 0.29) is 0 Å². The van der Waals surface area contributed by atoms with Gasteiger partial charge in [-0.25, -0.2) is 4.79 Å². The number of hydrogen-bond donors (Lipinski definition) is 1. The van der Waals surface area contributed by atoms with Gasteiger partial charge in [-0.2, -0.15) is 0 Å². The topological polar surface area (TPSA) is 46.5 Å². The Morgan fingerprint density at radius 2 is 1.88 bits per heavy atom. The Morgan fingerprint density at radius 3 is 2.25 bits per heavy atom. The molecule has 0 aliphatic carbocycles. The van der Waals surface area contributed by atoms with E-state index in [4.69, 9.17) is 4.74 Å². The molecule has 0 aromatic rings. The van der Waals surface area contributed by atoms with Crippen molar-refractivity contribution in [2.75, 3.05) is 26.2 Å². The number of quaternary nitrogens is 1. The van der Waals surface area contributed by atoms with Crippen LogP contribution >= 0.6 is 0 Å². The van der Waals surface area contributed by atoms with Crippen molar-refractivity contribution >= 4 is 5.97 Å². The molecule has 0 fully saturated rings. The average Bonchev–Trinajstić information content (AvgIpc) is 2.31. The fraction of sp³-hybridized carbons (Fsp3) is 0.750. The van der Waals surface area contributed by atoms with Crippen molar-refractivity contribution in [1.82, 2.24) is 0 Å². The van der Waals surface area contributed by atoms with Crippen LogP contribution in [0.5, 0.6) is 0 Å². The molecule has 0 spiro atoms. The molecule has 0 radical (unpaired) electrons. The fourth-order valence-corrected chi connectivity index (χ4v) is 1.77. The third-order valence-corrected chi connectivity index (χ3v) is 3.28. The molecular formula is C12H24NO3+. The van der Waals surface area contributed by atoms with E-state index in [1.807, 2.05) is 0 Å². The lowest BCUT2D eigenvalue weighted by molar-refractivity contribution is -0.924. The molecule has 0 saturated heterocycles. The highest BCUT2D eigenvalue weighted by molar-refractivity contribution is 5.81. The molecule has 0 aliphatic heterocycles. The standard InChI is InChI=1S/C12H24NO3/c1-5-11(14)16-12(15)9-10-13(6-2,7-3)8-4/h5,12,15H,1,6-10H2,2-4H3/q+1. The number of hydrogen-bond acceptors (Lipinski definition) is 3. The summed E-state index contributed by atoms with van der Waals surface area (Å²) < 4.78 is 5.65. The van der Waals surface area contributed by atoms with E-state index >= 15 is 0 Å². The summed E-state index contributed by atoms with van der Waals surface area (Å²) in [5.41, 5.74) is 0. The van der Waals surface area contributed by atoms with Crippen LogP contribution in [0.2, 0.25) is 0 Å². The number of aliphatic hydroxyl groups is 1. The molecule has 0 aliphatic rings. The number of carbonyl (C=O) groups is 1. The SMILES string of the molecule is C=CC(=O)OC(O)CC[N+](CC)(CC)CC. The van der Waals surface area contributed by atoms with Crippen molar-refractivity contribution in [1.29, 1.82) is 0 Å². The first-order valence-electron chi connectivity index (χ1n) is 5.89. The summed E-state index contributed by atoms with van der Waals surface area (Å²) >= 11 is 0. The quantitative estimate of drug-likeness (QED) is 0.296. The number of rotatable bonds is 8. The Hall–Kier alpha value is -0.870. The average molecular weight is 230 g/mol. The summed E-state index contributed by atoms with van der Waals surface area (Å²) in [6.07, 6.45) is 0.507. The molecular weight excluding hydrogens is 206 g/mol. The van der Waals surface area contributed by atoms with E-state index in [2.05, 4.69) is 27.4 Å². The number of ether oxygens (including phenoxy) is 1. The minimum absolute atomic E-state index is 0.467. The van der Waals surface area contributed by atoms with E-state index in [1.54, 1.807) is 0 Å². The van der Waals surface area contributed by atoms with Crippen molar-refractivity contribution in [3.8, 4) is 0 Å². The van der Waals surface area contributed by atoms with Gasteiger partial charge >= 0.3 is 5.97 Å². The molecule has 0 aromatic heterocycles. The highest BCUT2D eigenvalue weighted by atomic mass is 16.6. The maximum absolute atomic E-state index is 10.8. The molecule has 16 heavy (non-hydrogen) atoms. The summed E-state index contributed by atoms with van der Waals surface area (Å²) in [5, 5.41) is 9.50. The van der Waals surface area contributed by atoms with Gasteiger partial charge in [0.2, 0.25) is 6.29 Å². The Kier molecular flexibility index (Phi) is 7.01. The summed E-state index contributed by atoms with van der Waals surface area (Å²) in [6, 6.07) is 0. The third-order valence-electron chi connectivity index (χ3n) is 3.28. The Bertz CT molecular complexity index is 216. The van der Waals surface area contributed by atoms with Crippen LogP contribution in [0.15, 0.2) is 12.7 Å². The van der Waals surface area contributed by atoms with Gasteiger partial charge in [0.15, 0.2) is 0 Å². The van der Waals surface area contributed by atoms with Gasteiger partial charge in [-0.3, -0.25) is 0 Å². The molecule has 0 rings (SSSR count). The number of esters is 1. The van der Waals surface area contributed by atoms with E-state index in [9.17, 15) is 9.90 Å². The van der Waals surface area contributed by atoms with Gasteiger partial charge in [0, 0.05) is 6.08 Å². The molecule has 0 heterocycles. The lowest BCUT2D eigenvalue weighted by Gasteiger charge is -2.36. The lowest BCUT2D eigenvalue weighted by Crippen LogP contribution is -2.49. The van der Waals surface area contributed by atoms with Crippen LogP contribution in [-0.2, 0) is 9.53 Å². The highest BCUT2D eigenvalue weighted by Crippen LogP contribution is 2.09. The monoisotopic (exact) mass is 230 g/mol. The van der Waals surface area contributed by atoms with Gasteiger partial charge in [0.25, 0.3) is 0 Å². The summed E-state index contributed by atoms with van der Waals surface area (Å²) in [6.45, 7) is 13.6. The van der Waals surface area contributed by atoms with E-state index in [0.29, 0.717) is 6.42 Å².